The number of rotatable bonds is 8. The summed E-state index contributed by atoms with van der Waals surface area (Å²) in [6.07, 6.45) is -0.102. The molecule has 1 N–H and O–H groups in total. The molecule has 10 nitrogen and oxygen atoms in total. The number of alkyl halides is 3. The van der Waals surface area contributed by atoms with Crippen LogP contribution in [0.1, 0.15) is 53.5 Å². The second-order valence-electron chi connectivity index (χ2n) is 7.72. The van der Waals surface area contributed by atoms with E-state index in [-0.39, 0.29) is 23.4 Å². The molecule has 0 saturated heterocycles. The number of ether oxygens (including phenoxy) is 1. The average molecular weight is 477 g/mol. The minimum Gasteiger partial charge on any atom is -0.406 e. The van der Waals surface area contributed by atoms with Gasteiger partial charge in [-0.15, -0.1) is 18.3 Å². The van der Waals surface area contributed by atoms with Crippen molar-refractivity contribution < 1.29 is 27.5 Å². The first-order valence-corrected chi connectivity index (χ1v) is 10.4. The van der Waals surface area contributed by atoms with Crippen molar-refractivity contribution in [1.29, 1.82) is 0 Å². The van der Waals surface area contributed by atoms with E-state index < -0.39 is 24.1 Å². The largest absolute Gasteiger partial charge is 0.573 e. The maximum atomic E-state index is 13.0. The molecule has 1 aliphatic carbocycles. The summed E-state index contributed by atoms with van der Waals surface area (Å²) in [6, 6.07) is 4.90. The maximum Gasteiger partial charge on any atom is 0.573 e. The van der Waals surface area contributed by atoms with Gasteiger partial charge in [-0.1, -0.05) is 0 Å². The highest BCUT2D eigenvalue weighted by molar-refractivity contribution is 5.95. The Balaban J connectivity index is 1.62. The Kier molecular flexibility index (Phi) is 6.37. The molecule has 0 unspecified atom stereocenters. The predicted molar refractivity (Wildman–Crippen MR) is 113 cm³/mol. The van der Waals surface area contributed by atoms with Crippen molar-refractivity contribution in [2.45, 2.75) is 38.1 Å². The van der Waals surface area contributed by atoms with Crippen LogP contribution in [0.3, 0.4) is 0 Å². The quantitative estimate of drug-likeness (QED) is 0.493. The number of hydroxylamine groups is 1. The van der Waals surface area contributed by atoms with E-state index in [0.29, 0.717) is 11.4 Å². The molecule has 2 aromatic heterocycles. The summed E-state index contributed by atoms with van der Waals surface area (Å²) in [6.45, 7) is 1.66. The van der Waals surface area contributed by atoms with Gasteiger partial charge in [-0.2, -0.15) is 9.67 Å². The highest BCUT2D eigenvalue weighted by Crippen LogP contribution is 2.42. The summed E-state index contributed by atoms with van der Waals surface area (Å²) < 4.78 is 43.8. The lowest BCUT2D eigenvalue weighted by molar-refractivity contribution is -0.274. The zero-order valence-electron chi connectivity index (χ0n) is 18.6. The highest BCUT2D eigenvalue weighted by atomic mass is 19.4. The van der Waals surface area contributed by atoms with E-state index in [0.717, 1.165) is 18.9 Å². The van der Waals surface area contributed by atoms with Gasteiger partial charge in [-0.25, -0.2) is 15.0 Å². The van der Waals surface area contributed by atoms with Crippen LogP contribution in [0.4, 0.5) is 19.1 Å². The van der Waals surface area contributed by atoms with Crippen LogP contribution in [-0.2, 0) is 4.84 Å². The molecule has 0 aliphatic heterocycles. The number of carbonyl (C=O) groups is 1. The third kappa shape index (κ3) is 5.42. The number of nitrogens with one attached hydrogen (secondary N) is 1. The Morgan fingerprint density at radius 1 is 1.24 bits per heavy atom. The van der Waals surface area contributed by atoms with E-state index in [2.05, 4.69) is 30.1 Å². The lowest BCUT2D eigenvalue weighted by Crippen LogP contribution is -2.29. The molecule has 0 bridgehead atoms. The van der Waals surface area contributed by atoms with Crippen LogP contribution >= 0.6 is 0 Å². The van der Waals surface area contributed by atoms with Crippen LogP contribution in [-0.4, -0.2) is 51.2 Å². The number of benzene rings is 1. The molecular weight excluding hydrogens is 455 g/mol. The molecule has 180 valence electrons. The highest BCUT2D eigenvalue weighted by Gasteiger charge is 2.33. The number of nitrogens with zero attached hydrogens (tertiary/aromatic N) is 6. The van der Waals surface area contributed by atoms with Crippen LogP contribution in [0, 0.1) is 0 Å². The van der Waals surface area contributed by atoms with E-state index >= 15 is 0 Å². The lowest BCUT2D eigenvalue weighted by Gasteiger charge is -2.16. The number of hydrogen-bond donors (Lipinski definition) is 1. The standard InChI is InChI=1S/C21H22F3N7O3/c1-12(17-28-20(30(2)33-3)29-31(17)19-25-7-4-8-26-19)27-18(32)15-9-14(13-5-6-13)10-16(11-15)34-21(22,23)24/h4,7-13H,5-6H2,1-3H3,(H,27,32)/t12-/m0/s1. The predicted octanol–water partition coefficient (Wildman–Crippen LogP) is 3.32. The SMILES string of the molecule is CON(C)c1nc([C@H](C)NC(=O)c2cc(OC(F)(F)F)cc(C3CC3)c2)n(-c2ncccn2)n1. The number of halogens is 3. The van der Waals surface area contributed by atoms with Crippen molar-refractivity contribution in [2.24, 2.45) is 0 Å². The Hall–Kier alpha value is -3.74. The van der Waals surface area contributed by atoms with E-state index in [1.165, 1.54) is 35.3 Å². The van der Waals surface area contributed by atoms with Gasteiger partial charge in [-0.3, -0.25) is 9.63 Å². The molecule has 1 atom stereocenters. The van der Waals surface area contributed by atoms with E-state index in [4.69, 9.17) is 4.84 Å². The maximum absolute atomic E-state index is 13.0. The number of carbonyl (C=O) groups excluding carboxylic acids is 1. The molecule has 1 amide bonds. The van der Waals surface area contributed by atoms with Gasteiger partial charge in [0.05, 0.1) is 13.2 Å². The molecule has 0 radical (unpaired) electrons. The second-order valence-corrected chi connectivity index (χ2v) is 7.72. The zero-order chi connectivity index (χ0) is 24.5. The molecule has 13 heteroatoms. The molecule has 1 aliphatic rings. The summed E-state index contributed by atoms with van der Waals surface area (Å²) in [4.78, 5) is 30.9. The minimum atomic E-state index is -4.86. The molecule has 34 heavy (non-hydrogen) atoms. The smallest absolute Gasteiger partial charge is 0.406 e. The van der Waals surface area contributed by atoms with Crippen molar-refractivity contribution in [3.63, 3.8) is 0 Å². The number of amides is 1. The summed E-state index contributed by atoms with van der Waals surface area (Å²) >= 11 is 0. The van der Waals surface area contributed by atoms with Gasteiger partial charge in [0.1, 0.15) is 5.75 Å². The fraction of sp³-hybridized carbons (Fsp3) is 0.381. The molecule has 1 aromatic carbocycles. The normalized spacial score (nSPS) is 14.5. The molecule has 1 fully saturated rings. The Morgan fingerprint density at radius 3 is 2.56 bits per heavy atom. The Labute approximate surface area is 192 Å². The van der Waals surface area contributed by atoms with Crippen molar-refractivity contribution >= 4 is 11.9 Å². The summed E-state index contributed by atoms with van der Waals surface area (Å²) in [7, 11) is 3.04. The van der Waals surface area contributed by atoms with Crippen molar-refractivity contribution in [2.75, 3.05) is 19.2 Å². The van der Waals surface area contributed by atoms with Gasteiger partial charge in [0.2, 0.25) is 0 Å². The van der Waals surface area contributed by atoms with Gasteiger partial charge in [-0.05, 0) is 55.5 Å². The van der Waals surface area contributed by atoms with Crippen LogP contribution in [0.25, 0.3) is 5.95 Å². The van der Waals surface area contributed by atoms with Gasteiger partial charge in [0.25, 0.3) is 17.8 Å². The fourth-order valence-corrected chi connectivity index (χ4v) is 3.30. The summed E-state index contributed by atoms with van der Waals surface area (Å²) in [5, 5.41) is 8.41. The van der Waals surface area contributed by atoms with Crippen molar-refractivity contribution in [3.8, 4) is 11.7 Å². The first-order valence-electron chi connectivity index (χ1n) is 10.4. The molecule has 4 rings (SSSR count). The summed E-state index contributed by atoms with van der Waals surface area (Å²) in [5.41, 5.74) is 0.677. The third-order valence-corrected chi connectivity index (χ3v) is 5.13. The number of anilines is 1. The van der Waals surface area contributed by atoms with Crippen LogP contribution < -0.4 is 15.1 Å². The minimum absolute atomic E-state index is 0.0479. The first-order chi connectivity index (χ1) is 16.1. The molecule has 0 spiro atoms. The monoisotopic (exact) mass is 477 g/mol. The average Bonchev–Trinajstić information content (AvgIpc) is 3.55. The van der Waals surface area contributed by atoms with Crippen molar-refractivity contribution in [1.82, 2.24) is 30.0 Å². The first kappa shape index (κ1) is 23.4. The number of aromatic nitrogens is 5. The van der Waals surface area contributed by atoms with Gasteiger partial charge < -0.3 is 10.1 Å². The van der Waals surface area contributed by atoms with E-state index in [9.17, 15) is 18.0 Å². The molecule has 1 saturated carbocycles. The second kappa shape index (κ2) is 9.25. The fourth-order valence-electron chi connectivity index (χ4n) is 3.30. The molecular formula is C21H22F3N7O3. The zero-order valence-corrected chi connectivity index (χ0v) is 18.6. The van der Waals surface area contributed by atoms with Crippen LogP contribution in [0.15, 0.2) is 36.7 Å². The van der Waals surface area contributed by atoms with Crippen LogP contribution in [0.2, 0.25) is 0 Å². The van der Waals surface area contributed by atoms with Gasteiger partial charge >= 0.3 is 6.36 Å². The van der Waals surface area contributed by atoms with Crippen LogP contribution in [0.5, 0.6) is 5.75 Å². The molecule has 2 heterocycles. The van der Waals surface area contributed by atoms with Crippen molar-refractivity contribution in [3.05, 3.63) is 53.6 Å². The third-order valence-electron chi connectivity index (χ3n) is 5.13. The van der Waals surface area contributed by atoms with E-state index in [1.807, 2.05) is 0 Å². The summed E-state index contributed by atoms with van der Waals surface area (Å²) in [5.74, 6) is -0.192. The topological polar surface area (TPSA) is 107 Å². The number of hydrogen-bond acceptors (Lipinski definition) is 8. The molecule has 3 aromatic rings. The lowest BCUT2D eigenvalue weighted by atomic mass is 10.1. The van der Waals surface area contributed by atoms with E-state index in [1.54, 1.807) is 26.1 Å². The Morgan fingerprint density at radius 2 is 1.94 bits per heavy atom. The van der Waals surface area contributed by atoms with Gasteiger partial charge in [0, 0.05) is 25.0 Å². The Bertz CT molecular complexity index is 1170. The van der Waals surface area contributed by atoms with Gasteiger partial charge in [0.15, 0.2) is 5.82 Å².